The largest absolute Gasteiger partial charge is 0.492 e. The Labute approximate surface area is 155 Å². The number of para-hydroxylation sites is 1. The third-order valence-electron chi connectivity index (χ3n) is 4.98. The third-order valence-corrected chi connectivity index (χ3v) is 4.98. The predicted octanol–water partition coefficient (Wildman–Crippen LogP) is 3.68. The minimum Gasteiger partial charge on any atom is -0.492 e. The van der Waals surface area contributed by atoms with Crippen molar-refractivity contribution in [3.63, 3.8) is 0 Å². The van der Waals surface area contributed by atoms with Crippen LogP contribution in [0.25, 0.3) is 6.08 Å². The van der Waals surface area contributed by atoms with E-state index in [9.17, 15) is 0 Å². The van der Waals surface area contributed by atoms with E-state index in [1.54, 1.807) is 0 Å². The van der Waals surface area contributed by atoms with Crippen LogP contribution in [0.3, 0.4) is 0 Å². The minimum atomic E-state index is 0.254. The van der Waals surface area contributed by atoms with Crippen LogP contribution in [0.15, 0.2) is 54.7 Å². The highest BCUT2D eigenvalue weighted by atomic mass is 16.5. The van der Waals surface area contributed by atoms with E-state index in [1.807, 2.05) is 36.5 Å². The monoisotopic (exact) mass is 350 g/mol. The summed E-state index contributed by atoms with van der Waals surface area (Å²) in [4.78, 5) is 2.44. The average Bonchev–Trinajstić information content (AvgIpc) is 2.69. The zero-order valence-corrected chi connectivity index (χ0v) is 15.1. The normalized spacial score (nSPS) is 19.5. The van der Waals surface area contributed by atoms with Crippen molar-refractivity contribution < 1.29 is 9.47 Å². The summed E-state index contributed by atoms with van der Waals surface area (Å²) in [5.41, 5.74) is 2.58. The fraction of sp³-hybridized carbons (Fsp3) is 0.364. The molecule has 26 heavy (non-hydrogen) atoms. The summed E-state index contributed by atoms with van der Waals surface area (Å²) in [5.74, 6) is 1.91. The maximum atomic E-state index is 6.28. The van der Waals surface area contributed by atoms with Gasteiger partial charge in [-0.3, -0.25) is 4.90 Å². The van der Waals surface area contributed by atoms with Crippen molar-refractivity contribution in [2.75, 3.05) is 26.2 Å². The van der Waals surface area contributed by atoms with Crippen LogP contribution in [0.5, 0.6) is 11.5 Å². The molecule has 4 nitrogen and oxygen atoms in total. The smallest absolute Gasteiger partial charge is 0.120 e. The molecule has 4 heteroatoms. The predicted molar refractivity (Wildman–Crippen MR) is 104 cm³/mol. The van der Waals surface area contributed by atoms with Gasteiger partial charge in [0.15, 0.2) is 0 Å². The van der Waals surface area contributed by atoms with Gasteiger partial charge in [-0.2, -0.15) is 0 Å². The molecule has 2 heterocycles. The van der Waals surface area contributed by atoms with Gasteiger partial charge in [0, 0.05) is 19.6 Å². The van der Waals surface area contributed by atoms with Gasteiger partial charge in [-0.1, -0.05) is 24.3 Å². The van der Waals surface area contributed by atoms with Crippen molar-refractivity contribution in [3.8, 4) is 11.5 Å². The second-order valence-electron chi connectivity index (χ2n) is 6.92. The Morgan fingerprint density at radius 3 is 2.92 bits per heavy atom. The van der Waals surface area contributed by atoms with E-state index in [1.165, 1.54) is 17.5 Å². The Bertz CT molecular complexity index is 745. The number of piperidine rings is 1. The van der Waals surface area contributed by atoms with Crippen LogP contribution in [-0.2, 0) is 6.54 Å². The lowest BCUT2D eigenvalue weighted by Gasteiger charge is -2.33. The lowest BCUT2D eigenvalue weighted by atomic mass is 10.0. The average molecular weight is 350 g/mol. The summed E-state index contributed by atoms with van der Waals surface area (Å²) in [7, 11) is 0. The Kier molecular flexibility index (Phi) is 5.41. The standard InChI is InChI=1S/C22H26N2O2/c1-2-5-20(6-3-1)25-14-13-24-12-4-7-22(17-24)26-21-9-8-19-16-23-11-10-18(19)15-21/h1-3,5-6,8-11,15,22-23H,4,7,12-14,16-17H2/t22-/m0/s1. The summed E-state index contributed by atoms with van der Waals surface area (Å²) < 4.78 is 12.1. The molecule has 0 amide bonds. The van der Waals surface area contributed by atoms with Crippen molar-refractivity contribution in [2.45, 2.75) is 25.5 Å². The summed E-state index contributed by atoms with van der Waals surface area (Å²) in [6.45, 7) is 4.63. The van der Waals surface area contributed by atoms with Crippen molar-refractivity contribution in [3.05, 3.63) is 65.9 Å². The van der Waals surface area contributed by atoms with Gasteiger partial charge < -0.3 is 14.8 Å². The first-order valence-electron chi connectivity index (χ1n) is 9.46. The van der Waals surface area contributed by atoms with Crippen molar-refractivity contribution in [1.82, 2.24) is 10.2 Å². The van der Waals surface area contributed by atoms with Crippen LogP contribution in [0.2, 0.25) is 0 Å². The molecule has 0 bridgehead atoms. The van der Waals surface area contributed by atoms with E-state index in [4.69, 9.17) is 9.47 Å². The number of hydrogen-bond acceptors (Lipinski definition) is 4. The van der Waals surface area contributed by atoms with Gasteiger partial charge in [0.25, 0.3) is 0 Å². The molecule has 0 unspecified atom stereocenters. The Balaban J connectivity index is 1.28. The van der Waals surface area contributed by atoms with Crippen LogP contribution >= 0.6 is 0 Å². The number of ether oxygens (including phenoxy) is 2. The number of fused-ring (bicyclic) bond motifs is 1. The van der Waals surface area contributed by atoms with Gasteiger partial charge in [0.1, 0.15) is 24.2 Å². The van der Waals surface area contributed by atoms with Crippen LogP contribution in [0.4, 0.5) is 0 Å². The Hall–Kier alpha value is -2.46. The van der Waals surface area contributed by atoms with Crippen molar-refractivity contribution >= 4 is 6.08 Å². The maximum absolute atomic E-state index is 6.28. The second kappa shape index (κ2) is 8.28. The first kappa shape index (κ1) is 17.0. The van der Waals surface area contributed by atoms with E-state index in [-0.39, 0.29) is 6.10 Å². The highest BCUT2D eigenvalue weighted by Gasteiger charge is 2.21. The van der Waals surface area contributed by atoms with Gasteiger partial charge in [0.05, 0.1) is 0 Å². The van der Waals surface area contributed by atoms with E-state index >= 15 is 0 Å². The lowest BCUT2D eigenvalue weighted by Crippen LogP contribution is -2.42. The Morgan fingerprint density at radius 2 is 2.00 bits per heavy atom. The molecule has 4 rings (SSSR count). The number of nitrogens with one attached hydrogen (secondary N) is 1. The van der Waals surface area contributed by atoms with Crippen LogP contribution in [0, 0.1) is 0 Å². The zero-order chi connectivity index (χ0) is 17.6. The zero-order valence-electron chi connectivity index (χ0n) is 15.1. The molecule has 1 N–H and O–H groups in total. The number of likely N-dealkylation sites (tertiary alicyclic amines) is 1. The molecule has 1 atom stereocenters. The third kappa shape index (κ3) is 4.38. The molecule has 2 aromatic rings. The molecular weight excluding hydrogens is 324 g/mol. The number of hydrogen-bond donors (Lipinski definition) is 1. The first-order valence-corrected chi connectivity index (χ1v) is 9.46. The van der Waals surface area contributed by atoms with Gasteiger partial charge in [0.2, 0.25) is 0 Å². The molecule has 0 aliphatic carbocycles. The summed E-state index contributed by atoms with van der Waals surface area (Å²) in [6.07, 6.45) is 6.65. The van der Waals surface area contributed by atoms with Crippen molar-refractivity contribution in [2.24, 2.45) is 0 Å². The van der Waals surface area contributed by atoms with E-state index in [0.29, 0.717) is 6.61 Å². The quantitative estimate of drug-likeness (QED) is 0.862. The molecule has 2 aliphatic heterocycles. The lowest BCUT2D eigenvalue weighted by molar-refractivity contribution is 0.0793. The van der Waals surface area contributed by atoms with Crippen LogP contribution < -0.4 is 14.8 Å². The van der Waals surface area contributed by atoms with Gasteiger partial charge in [-0.05, 0) is 67.1 Å². The molecule has 136 valence electrons. The second-order valence-corrected chi connectivity index (χ2v) is 6.92. The fourth-order valence-corrected chi connectivity index (χ4v) is 3.59. The molecule has 1 saturated heterocycles. The molecular formula is C22H26N2O2. The molecule has 0 spiro atoms. The van der Waals surface area contributed by atoms with Gasteiger partial charge in [-0.15, -0.1) is 0 Å². The summed E-state index contributed by atoms with van der Waals surface area (Å²) in [6, 6.07) is 16.4. The topological polar surface area (TPSA) is 33.7 Å². The highest BCUT2D eigenvalue weighted by Crippen LogP contribution is 2.24. The molecule has 0 saturated carbocycles. The molecule has 0 aromatic heterocycles. The highest BCUT2D eigenvalue weighted by molar-refractivity contribution is 5.57. The van der Waals surface area contributed by atoms with E-state index in [0.717, 1.165) is 44.1 Å². The van der Waals surface area contributed by atoms with Crippen LogP contribution in [-0.4, -0.2) is 37.2 Å². The van der Waals surface area contributed by atoms with Gasteiger partial charge in [-0.25, -0.2) is 0 Å². The van der Waals surface area contributed by atoms with Crippen LogP contribution in [0.1, 0.15) is 24.0 Å². The molecule has 2 aromatic carbocycles. The Morgan fingerprint density at radius 1 is 1.08 bits per heavy atom. The SMILES string of the molecule is C1=Cc2cc(O[C@H]3CCCN(CCOc4ccccc4)C3)ccc2CN1. The van der Waals surface area contributed by atoms with E-state index < -0.39 is 0 Å². The minimum absolute atomic E-state index is 0.254. The maximum Gasteiger partial charge on any atom is 0.120 e. The number of nitrogens with zero attached hydrogens (tertiary/aromatic N) is 1. The fourth-order valence-electron chi connectivity index (χ4n) is 3.59. The summed E-state index contributed by atoms with van der Waals surface area (Å²) in [5, 5.41) is 3.24. The first-order chi connectivity index (χ1) is 12.9. The number of benzene rings is 2. The van der Waals surface area contributed by atoms with Crippen molar-refractivity contribution in [1.29, 1.82) is 0 Å². The van der Waals surface area contributed by atoms with Gasteiger partial charge >= 0.3 is 0 Å². The van der Waals surface area contributed by atoms with E-state index in [2.05, 4.69) is 34.5 Å². The number of rotatable bonds is 6. The molecule has 0 radical (unpaired) electrons. The summed E-state index contributed by atoms with van der Waals surface area (Å²) >= 11 is 0. The molecule has 1 fully saturated rings. The molecule has 2 aliphatic rings.